The van der Waals surface area contributed by atoms with Crippen LogP contribution in [0.3, 0.4) is 0 Å². The van der Waals surface area contributed by atoms with Crippen molar-refractivity contribution in [1.82, 2.24) is 14.8 Å². The van der Waals surface area contributed by atoms with E-state index in [4.69, 9.17) is 5.11 Å². The first-order chi connectivity index (χ1) is 7.09. The van der Waals surface area contributed by atoms with E-state index >= 15 is 0 Å². The molecule has 0 aliphatic heterocycles. The molecule has 1 aliphatic rings. The van der Waals surface area contributed by atoms with E-state index in [1.807, 2.05) is 0 Å². The number of hydrogen-bond acceptors (Lipinski definition) is 3. The predicted molar refractivity (Wildman–Crippen MR) is 49.7 cm³/mol. The monoisotopic (exact) mass is 213 g/mol. The Morgan fingerprint density at radius 2 is 1.87 bits per heavy atom. The molecule has 0 spiro atoms. The number of aromatic nitrogens is 3. The molecule has 0 unspecified atom stereocenters. The molecule has 1 fully saturated rings. The van der Waals surface area contributed by atoms with Crippen LogP contribution in [0.5, 0.6) is 0 Å². The van der Waals surface area contributed by atoms with Crippen molar-refractivity contribution in [3.63, 3.8) is 0 Å². The van der Waals surface area contributed by atoms with Gasteiger partial charge in [-0.25, -0.2) is 24.4 Å². The number of hydrogen-bond donors (Lipinski definition) is 3. The molecular weight excluding hydrogens is 202 g/mol. The van der Waals surface area contributed by atoms with Crippen LogP contribution in [0, 0.1) is 5.92 Å². The highest BCUT2D eigenvalue weighted by Crippen LogP contribution is 2.32. The molecule has 0 amide bonds. The van der Waals surface area contributed by atoms with E-state index in [-0.39, 0.29) is 6.04 Å². The van der Waals surface area contributed by atoms with E-state index in [9.17, 15) is 14.4 Å². The van der Waals surface area contributed by atoms with Crippen LogP contribution in [0.4, 0.5) is 0 Å². The lowest BCUT2D eigenvalue weighted by atomic mass is 10.1. The largest absolute Gasteiger partial charge is 0.481 e. The molecule has 1 aromatic rings. The molecule has 7 nitrogen and oxygen atoms in total. The first-order valence-electron chi connectivity index (χ1n) is 4.71. The molecule has 0 saturated heterocycles. The van der Waals surface area contributed by atoms with E-state index < -0.39 is 23.3 Å². The second-order valence-electron chi connectivity index (χ2n) is 3.73. The van der Waals surface area contributed by atoms with E-state index in [0.717, 1.165) is 4.57 Å². The molecule has 0 aromatic carbocycles. The Morgan fingerprint density at radius 3 is 2.33 bits per heavy atom. The Hall–Kier alpha value is -1.79. The molecule has 1 saturated carbocycles. The van der Waals surface area contributed by atoms with Crippen molar-refractivity contribution in [3.05, 3.63) is 21.0 Å². The zero-order chi connectivity index (χ0) is 11.0. The summed E-state index contributed by atoms with van der Waals surface area (Å²) in [5.41, 5.74) is -1.01. The normalized spacial score (nSPS) is 25.6. The quantitative estimate of drug-likeness (QED) is 0.603. The maximum atomic E-state index is 11.2. The summed E-state index contributed by atoms with van der Waals surface area (Å²) in [4.78, 5) is 33.2. The zero-order valence-electron chi connectivity index (χ0n) is 7.90. The number of nitrogens with one attached hydrogen (secondary N) is 2. The summed E-state index contributed by atoms with van der Waals surface area (Å²) >= 11 is 0. The minimum Gasteiger partial charge on any atom is -0.481 e. The lowest BCUT2D eigenvalue weighted by Crippen LogP contribution is -2.30. The van der Waals surface area contributed by atoms with Gasteiger partial charge in [-0.3, -0.25) is 4.79 Å². The summed E-state index contributed by atoms with van der Waals surface area (Å²) in [5.74, 6) is -1.31. The van der Waals surface area contributed by atoms with E-state index in [2.05, 4.69) is 10.2 Å². The molecule has 1 heterocycles. The summed E-state index contributed by atoms with van der Waals surface area (Å²) in [5, 5.41) is 13.1. The van der Waals surface area contributed by atoms with Gasteiger partial charge in [0.05, 0.1) is 5.92 Å². The minimum atomic E-state index is -0.863. The number of carboxylic acid groups (broad SMARTS) is 1. The number of aromatic amines is 2. The van der Waals surface area contributed by atoms with E-state index in [1.165, 1.54) is 0 Å². The second kappa shape index (κ2) is 3.41. The SMILES string of the molecule is O=C(O)[C@@H]1CC[C@H](n2c(=O)[nH][nH]c2=O)C1. The maximum absolute atomic E-state index is 11.2. The van der Waals surface area contributed by atoms with Crippen molar-refractivity contribution < 1.29 is 9.90 Å². The van der Waals surface area contributed by atoms with Crippen LogP contribution in [-0.2, 0) is 4.79 Å². The number of H-pyrrole nitrogens is 2. The topological polar surface area (TPSA) is 108 Å². The van der Waals surface area contributed by atoms with Crippen molar-refractivity contribution >= 4 is 5.97 Å². The van der Waals surface area contributed by atoms with Gasteiger partial charge in [-0.1, -0.05) is 0 Å². The summed E-state index contributed by atoms with van der Waals surface area (Å²) in [7, 11) is 0. The lowest BCUT2D eigenvalue weighted by molar-refractivity contribution is -0.141. The van der Waals surface area contributed by atoms with Crippen LogP contribution in [-0.4, -0.2) is 25.8 Å². The van der Waals surface area contributed by atoms with Crippen LogP contribution in [0.2, 0.25) is 0 Å². The second-order valence-corrected chi connectivity index (χ2v) is 3.73. The van der Waals surface area contributed by atoms with Crippen molar-refractivity contribution in [2.75, 3.05) is 0 Å². The molecule has 1 aromatic heterocycles. The van der Waals surface area contributed by atoms with Crippen LogP contribution >= 0.6 is 0 Å². The van der Waals surface area contributed by atoms with Crippen molar-refractivity contribution in [2.45, 2.75) is 25.3 Å². The molecule has 1 aliphatic carbocycles. The molecule has 82 valence electrons. The number of carboxylic acids is 1. The standard InChI is InChI=1S/C8H11N3O4/c12-6(13)4-1-2-5(3-4)11-7(14)9-10-8(11)15/h4-5H,1-3H2,(H,9,14)(H,10,15)(H,12,13)/t4-,5+/m1/s1. The summed E-state index contributed by atoms with van der Waals surface area (Å²) in [6.45, 7) is 0. The van der Waals surface area contributed by atoms with Gasteiger partial charge < -0.3 is 5.11 Å². The Bertz CT molecular complexity index is 455. The molecule has 2 atom stereocenters. The number of nitrogens with zero attached hydrogens (tertiary/aromatic N) is 1. The van der Waals surface area contributed by atoms with E-state index in [0.29, 0.717) is 19.3 Å². The summed E-state index contributed by atoms with van der Waals surface area (Å²) in [6, 6.07) is -0.298. The van der Waals surface area contributed by atoms with Gasteiger partial charge in [0.25, 0.3) is 0 Å². The highest BCUT2D eigenvalue weighted by Gasteiger charge is 2.32. The Kier molecular flexibility index (Phi) is 2.22. The Labute approximate surface area is 83.7 Å². The van der Waals surface area contributed by atoms with Crippen molar-refractivity contribution in [2.24, 2.45) is 5.92 Å². The van der Waals surface area contributed by atoms with Crippen molar-refractivity contribution in [1.29, 1.82) is 0 Å². The lowest BCUT2D eigenvalue weighted by Gasteiger charge is -2.07. The third-order valence-electron chi connectivity index (χ3n) is 2.83. The van der Waals surface area contributed by atoms with Gasteiger partial charge in [-0.15, -0.1) is 0 Å². The van der Waals surface area contributed by atoms with Gasteiger partial charge in [0.15, 0.2) is 0 Å². The third-order valence-corrected chi connectivity index (χ3v) is 2.83. The average Bonchev–Trinajstić information content (AvgIpc) is 2.73. The van der Waals surface area contributed by atoms with E-state index in [1.54, 1.807) is 0 Å². The van der Waals surface area contributed by atoms with Crippen LogP contribution in [0.15, 0.2) is 9.59 Å². The fourth-order valence-electron chi connectivity index (χ4n) is 2.07. The molecule has 2 rings (SSSR count). The van der Waals surface area contributed by atoms with Gasteiger partial charge in [0.1, 0.15) is 0 Å². The average molecular weight is 213 g/mol. The fraction of sp³-hybridized carbons (Fsp3) is 0.625. The minimum absolute atomic E-state index is 0.298. The molecular formula is C8H11N3O4. The maximum Gasteiger partial charge on any atom is 0.344 e. The summed E-state index contributed by atoms with van der Waals surface area (Å²) in [6.07, 6.45) is 1.41. The summed E-state index contributed by atoms with van der Waals surface area (Å²) < 4.78 is 1.06. The van der Waals surface area contributed by atoms with Crippen LogP contribution in [0.25, 0.3) is 0 Å². The van der Waals surface area contributed by atoms with Gasteiger partial charge in [0, 0.05) is 6.04 Å². The first kappa shape index (κ1) is 9.75. The highest BCUT2D eigenvalue weighted by atomic mass is 16.4. The smallest absolute Gasteiger partial charge is 0.344 e. The molecule has 0 bridgehead atoms. The molecule has 7 heteroatoms. The van der Waals surface area contributed by atoms with Gasteiger partial charge >= 0.3 is 17.3 Å². The number of carbonyl (C=O) groups is 1. The van der Waals surface area contributed by atoms with Gasteiger partial charge in [-0.2, -0.15) is 0 Å². The Balaban J connectivity index is 2.25. The molecule has 15 heavy (non-hydrogen) atoms. The van der Waals surface area contributed by atoms with Gasteiger partial charge in [-0.05, 0) is 19.3 Å². The predicted octanol–water partition coefficient (Wildman–Crippen LogP) is -0.710. The molecule has 3 N–H and O–H groups in total. The first-order valence-corrected chi connectivity index (χ1v) is 4.71. The van der Waals surface area contributed by atoms with Crippen LogP contribution in [0.1, 0.15) is 25.3 Å². The zero-order valence-corrected chi connectivity index (χ0v) is 7.90. The molecule has 0 radical (unpaired) electrons. The fourth-order valence-corrected chi connectivity index (χ4v) is 2.07. The van der Waals surface area contributed by atoms with Crippen LogP contribution < -0.4 is 11.4 Å². The third kappa shape index (κ3) is 1.60. The number of rotatable bonds is 2. The Morgan fingerprint density at radius 1 is 1.27 bits per heavy atom. The van der Waals surface area contributed by atoms with Crippen molar-refractivity contribution in [3.8, 4) is 0 Å². The number of aliphatic carboxylic acids is 1. The highest BCUT2D eigenvalue weighted by molar-refractivity contribution is 5.70. The van der Waals surface area contributed by atoms with Gasteiger partial charge in [0.2, 0.25) is 0 Å².